The van der Waals surface area contributed by atoms with Crippen molar-refractivity contribution in [3.05, 3.63) is 10.6 Å². The lowest BCUT2D eigenvalue weighted by Crippen LogP contribution is -2.46. The van der Waals surface area contributed by atoms with Gasteiger partial charge in [-0.05, 0) is 12.8 Å². The zero-order valence-electron chi connectivity index (χ0n) is 15.0. The number of carbonyl (C=O) groups is 2. The number of anilines is 1. The summed E-state index contributed by atoms with van der Waals surface area (Å²) in [5.41, 5.74) is 5.49. The van der Waals surface area contributed by atoms with Gasteiger partial charge in [-0.2, -0.15) is 0 Å². The maximum absolute atomic E-state index is 12.7. The molecule has 0 unspecified atom stereocenters. The first kappa shape index (κ1) is 21.8. The highest BCUT2D eigenvalue weighted by Gasteiger charge is 2.39. The van der Waals surface area contributed by atoms with E-state index in [1.807, 2.05) is 20.8 Å². The number of halogens is 1. The Labute approximate surface area is 158 Å². The van der Waals surface area contributed by atoms with Gasteiger partial charge in [0.2, 0.25) is 5.91 Å². The first-order valence-corrected chi connectivity index (χ1v) is 8.74. The van der Waals surface area contributed by atoms with Crippen LogP contribution in [0.3, 0.4) is 0 Å². The number of nitrogens with zero attached hydrogens (tertiary/aromatic N) is 1. The maximum Gasteiger partial charge on any atom is 0.350 e. The number of nitrogens with one attached hydrogen (secondary N) is 1. The number of carbonyl (C=O) groups excluding carboxylic acids is 2. The molecule has 7 nitrogen and oxygen atoms in total. The molecule has 0 bridgehead atoms. The molecule has 1 aliphatic heterocycles. The summed E-state index contributed by atoms with van der Waals surface area (Å²) >= 11 is 1.13. The van der Waals surface area contributed by atoms with E-state index >= 15 is 0 Å². The molecule has 1 aromatic heterocycles. The van der Waals surface area contributed by atoms with Gasteiger partial charge in [0, 0.05) is 25.2 Å². The number of hydrogen-bond acceptors (Lipinski definition) is 7. The minimum Gasteiger partial charge on any atom is -0.465 e. The minimum absolute atomic E-state index is 0. The maximum atomic E-state index is 12.7. The van der Waals surface area contributed by atoms with Crippen LogP contribution in [0.5, 0.6) is 0 Å². The molecule has 2 rings (SSSR count). The molecule has 1 aliphatic rings. The van der Waals surface area contributed by atoms with E-state index in [1.54, 1.807) is 0 Å². The largest absolute Gasteiger partial charge is 0.465 e. The summed E-state index contributed by atoms with van der Waals surface area (Å²) in [7, 11) is 1.33. The second-order valence-corrected chi connectivity index (χ2v) is 7.99. The number of hydrogen-bond donors (Lipinski definition) is 2. The highest BCUT2D eigenvalue weighted by Crippen LogP contribution is 2.35. The summed E-state index contributed by atoms with van der Waals surface area (Å²) < 4.78 is 10.2. The third-order valence-electron chi connectivity index (χ3n) is 4.25. The molecule has 142 valence electrons. The SMILES string of the molecule is COC(=O)c1sc(NC(=O)C2(CN)CCOCC2)nc1C(C)(C)C.Cl. The average molecular weight is 392 g/mol. The zero-order valence-corrected chi connectivity index (χ0v) is 16.6. The van der Waals surface area contributed by atoms with Gasteiger partial charge in [0.1, 0.15) is 4.88 Å². The molecule has 0 saturated carbocycles. The Morgan fingerprint density at radius 1 is 1.36 bits per heavy atom. The fourth-order valence-electron chi connectivity index (χ4n) is 2.63. The predicted molar refractivity (Wildman–Crippen MR) is 99.6 cm³/mol. The van der Waals surface area contributed by atoms with Crippen LogP contribution in [0.15, 0.2) is 0 Å². The Morgan fingerprint density at radius 3 is 2.44 bits per heavy atom. The van der Waals surface area contributed by atoms with Crippen LogP contribution in [0.1, 0.15) is 49.0 Å². The minimum atomic E-state index is -0.642. The molecule has 9 heteroatoms. The van der Waals surface area contributed by atoms with Crippen LogP contribution in [0.4, 0.5) is 5.13 Å². The summed E-state index contributed by atoms with van der Waals surface area (Å²) in [6, 6.07) is 0. The van der Waals surface area contributed by atoms with Crippen molar-refractivity contribution in [2.24, 2.45) is 11.1 Å². The highest BCUT2D eigenvalue weighted by atomic mass is 35.5. The number of nitrogens with two attached hydrogens (primary N) is 1. The van der Waals surface area contributed by atoms with Crippen molar-refractivity contribution in [3.63, 3.8) is 0 Å². The molecule has 0 radical (unpaired) electrons. The lowest BCUT2D eigenvalue weighted by Gasteiger charge is -2.34. The lowest BCUT2D eigenvalue weighted by atomic mass is 9.79. The molecular formula is C16H26ClN3O4S. The number of rotatable bonds is 4. The number of aromatic nitrogens is 1. The van der Waals surface area contributed by atoms with Gasteiger partial charge < -0.3 is 20.5 Å². The summed E-state index contributed by atoms with van der Waals surface area (Å²) in [6.45, 7) is 7.16. The monoisotopic (exact) mass is 391 g/mol. The number of esters is 1. The zero-order chi connectivity index (χ0) is 18.0. The van der Waals surface area contributed by atoms with Crippen LogP contribution >= 0.6 is 23.7 Å². The smallest absolute Gasteiger partial charge is 0.350 e. The summed E-state index contributed by atoms with van der Waals surface area (Å²) in [5, 5.41) is 3.23. The Bertz CT molecular complexity index is 621. The first-order chi connectivity index (χ1) is 11.2. The Balaban J connectivity index is 0.00000312. The van der Waals surface area contributed by atoms with Crippen molar-refractivity contribution in [1.29, 1.82) is 0 Å². The van der Waals surface area contributed by atoms with E-state index < -0.39 is 11.4 Å². The Hall–Kier alpha value is -1.22. The van der Waals surface area contributed by atoms with Gasteiger partial charge in [0.05, 0.1) is 18.2 Å². The van der Waals surface area contributed by atoms with Gasteiger partial charge >= 0.3 is 5.97 Å². The van der Waals surface area contributed by atoms with E-state index in [0.717, 1.165) is 11.3 Å². The molecule has 0 aliphatic carbocycles. The molecule has 1 amide bonds. The molecule has 0 spiro atoms. The summed E-state index contributed by atoms with van der Waals surface area (Å²) in [6.07, 6.45) is 1.16. The van der Waals surface area contributed by atoms with Crippen molar-refractivity contribution in [3.8, 4) is 0 Å². The molecule has 0 atom stereocenters. The molecule has 1 fully saturated rings. The van der Waals surface area contributed by atoms with E-state index in [2.05, 4.69) is 10.3 Å². The van der Waals surface area contributed by atoms with Crippen molar-refractivity contribution in [1.82, 2.24) is 4.98 Å². The van der Waals surface area contributed by atoms with E-state index in [4.69, 9.17) is 15.2 Å². The number of thiazole rings is 1. The molecule has 1 aromatic rings. The van der Waals surface area contributed by atoms with Gasteiger partial charge in [0.15, 0.2) is 5.13 Å². The Morgan fingerprint density at radius 2 is 1.96 bits per heavy atom. The quantitative estimate of drug-likeness (QED) is 0.763. The van der Waals surface area contributed by atoms with Crippen LogP contribution in [-0.4, -0.2) is 43.7 Å². The van der Waals surface area contributed by atoms with Crippen molar-refractivity contribution >= 4 is 40.8 Å². The summed E-state index contributed by atoms with van der Waals surface area (Å²) in [5.74, 6) is -0.614. The number of ether oxygens (including phenoxy) is 2. The first-order valence-electron chi connectivity index (χ1n) is 7.92. The predicted octanol–water partition coefficient (Wildman–Crippen LogP) is 2.34. The fourth-order valence-corrected chi connectivity index (χ4v) is 3.72. The third-order valence-corrected chi connectivity index (χ3v) is 5.20. The normalized spacial score (nSPS) is 16.7. The van der Waals surface area contributed by atoms with Crippen molar-refractivity contribution in [2.75, 3.05) is 32.2 Å². The molecular weight excluding hydrogens is 366 g/mol. The average Bonchev–Trinajstić information content (AvgIpc) is 2.98. The van der Waals surface area contributed by atoms with Crippen LogP contribution < -0.4 is 11.1 Å². The number of amides is 1. The Kier molecular flexibility index (Phi) is 7.37. The van der Waals surface area contributed by atoms with Crippen LogP contribution in [0.25, 0.3) is 0 Å². The molecule has 25 heavy (non-hydrogen) atoms. The van der Waals surface area contributed by atoms with Crippen molar-refractivity contribution in [2.45, 2.75) is 39.0 Å². The highest BCUT2D eigenvalue weighted by molar-refractivity contribution is 7.17. The summed E-state index contributed by atoms with van der Waals surface area (Å²) in [4.78, 5) is 29.6. The van der Waals surface area contributed by atoms with Gasteiger partial charge in [-0.25, -0.2) is 9.78 Å². The van der Waals surface area contributed by atoms with Gasteiger partial charge in [-0.3, -0.25) is 4.79 Å². The number of methoxy groups -OCH3 is 1. The topological polar surface area (TPSA) is 104 Å². The third kappa shape index (κ3) is 4.69. The van der Waals surface area contributed by atoms with Crippen molar-refractivity contribution < 1.29 is 19.1 Å². The van der Waals surface area contributed by atoms with E-state index in [0.29, 0.717) is 41.8 Å². The van der Waals surface area contributed by atoms with Gasteiger partial charge in [-0.15, -0.1) is 12.4 Å². The van der Waals surface area contributed by atoms with Gasteiger partial charge in [-0.1, -0.05) is 32.1 Å². The van der Waals surface area contributed by atoms with Crippen LogP contribution in [-0.2, 0) is 19.7 Å². The van der Waals surface area contributed by atoms with Crippen LogP contribution in [0.2, 0.25) is 0 Å². The molecule has 3 N–H and O–H groups in total. The molecule has 0 aromatic carbocycles. The molecule has 2 heterocycles. The second kappa shape index (κ2) is 8.44. The van der Waals surface area contributed by atoms with E-state index in [-0.39, 0.29) is 30.3 Å². The lowest BCUT2D eigenvalue weighted by molar-refractivity contribution is -0.130. The standard InChI is InChI=1S/C16H25N3O4S.ClH/c1-15(2,3)11-10(12(20)22-4)24-14(18-11)19-13(21)16(9-17)5-7-23-8-6-16;/h5-9,17H2,1-4H3,(H,18,19,21);1H. The molecule has 1 saturated heterocycles. The van der Waals surface area contributed by atoms with Gasteiger partial charge in [0.25, 0.3) is 0 Å². The fraction of sp³-hybridized carbons (Fsp3) is 0.688. The van der Waals surface area contributed by atoms with E-state index in [1.165, 1.54) is 7.11 Å². The van der Waals surface area contributed by atoms with E-state index in [9.17, 15) is 9.59 Å². The van der Waals surface area contributed by atoms with Crippen LogP contribution in [0, 0.1) is 5.41 Å². The second-order valence-electron chi connectivity index (χ2n) is 6.99.